The number of likely N-dealkylation sites (N-methyl/N-ethyl adjacent to an activating group) is 1. The number of aliphatic carboxylic acids is 2. The summed E-state index contributed by atoms with van der Waals surface area (Å²) in [5, 5.41) is 54.3. The Morgan fingerprint density at radius 2 is 1.10 bits per heavy atom. The average molecular weight is 2230 g/mol. The van der Waals surface area contributed by atoms with E-state index in [1.807, 2.05) is 71.6 Å². The van der Waals surface area contributed by atoms with Gasteiger partial charge >= 0.3 is 203 Å². The van der Waals surface area contributed by atoms with E-state index in [1.54, 1.807) is 80.5 Å². The molecule has 3 aromatic carbocycles. The third-order valence-electron chi connectivity index (χ3n) is 25.0. The minimum Gasteiger partial charge on any atom is -0.353 e. The van der Waals surface area contributed by atoms with Crippen molar-refractivity contribution in [3.05, 3.63) is 106 Å². The fourth-order valence-corrected chi connectivity index (χ4v) is 21.6. The van der Waals surface area contributed by atoms with Gasteiger partial charge < -0.3 is 97.8 Å². The van der Waals surface area contributed by atoms with E-state index in [9.17, 15) is 86.9 Å². The van der Waals surface area contributed by atoms with Crippen LogP contribution < -0.4 is 63.8 Å². The number of nitrogens with one attached hydrogen (secondary N) is 14. The van der Waals surface area contributed by atoms with E-state index in [0.29, 0.717) is 147 Å². The van der Waals surface area contributed by atoms with E-state index < -0.39 is 204 Å². The molecule has 4 aliphatic rings. The first-order valence-corrected chi connectivity index (χ1v) is 56.8. The Kier molecular flexibility index (Phi) is 50.2. The monoisotopic (exact) mass is 2230 g/mol. The summed E-state index contributed by atoms with van der Waals surface area (Å²) in [5.41, 5.74) is 2.22. The van der Waals surface area contributed by atoms with E-state index in [1.165, 1.54) is 32.7 Å². The smallest absolute Gasteiger partial charge is 0.242 e. The molecule has 3 saturated heterocycles. The maximum Gasteiger partial charge on any atom is 0.242 e. The molecule has 6 heterocycles. The van der Waals surface area contributed by atoms with Gasteiger partial charge in [0.2, 0.25) is 70.9 Å². The number of rotatable bonds is 47. The second-order valence-corrected chi connectivity index (χ2v) is 44.8. The van der Waals surface area contributed by atoms with Crippen molar-refractivity contribution in [3.8, 4) is 0 Å². The molecule has 45 nitrogen and oxygen atoms in total. The average Bonchev–Trinajstić information content (AvgIpc) is 1.73. The van der Waals surface area contributed by atoms with Gasteiger partial charge in [-0.3, -0.25) is 67.1 Å². The Hall–Kier alpha value is -11.2. The predicted octanol–water partition coefficient (Wildman–Crippen LogP) is 0.800. The van der Waals surface area contributed by atoms with E-state index in [2.05, 4.69) is 73.8 Å². The van der Waals surface area contributed by atoms with Gasteiger partial charge in [0.15, 0.2) is 0 Å². The summed E-state index contributed by atoms with van der Waals surface area (Å²) in [5.74, 6) is -14.3. The number of thioether (sulfide) groups is 2. The normalized spacial score (nSPS) is 19.9. The van der Waals surface area contributed by atoms with Gasteiger partial charge in [0, 0.05) is 128 Å². The summed E-state index contributed by atoms with van der Waals surface area (Å²) < 4.78 is 33.3. The molecular formula is C99H143ClInN19O26S2. The number of halogens is 1. The molecule has 4 aliphatic heterocycles. The first kappa shape index (κ1) is 120. The molecule has 2 aromatic heterocycles. The molecular weight excluding hydrogens is 2090 g/mol. The van der Waals surface area contributed by atoms with Crippen molar-refractivity contribution in [2.45, 2.75) is 198 Å². The van der Waals surface area contributed by atoms with Crippen LogP contribution in [0.1, 0.15) is 142 Å². The third kappa shape index (κ3) is 42.0. The zero-order valence-corrected chi connectivity index (χ0v) is 91.1. The maximum absolute atomic E-state index is 15.3. The van der Waals surface area contributed by atoms with Crippen LogP contribution in [0.3, 0.4) is 0 Å². The summed E-state index contributed by atoms with van der Waals surface area (Å²) in [6.45, 7) is 18.9. The van der Waals surface area contributed by atoms with Crippen molar-refractivity contribution in [2.75, 3.05) is 163 Å². The number of ether oxygens (including phenoxy) is 3. The summed E-state index contributed by atoms with van der Waals surface area (Å²) in [4.78, 5) is 265. The van der Waals surface area contributed by atoms with Crippen LogP contribution in [0.25, 0.3) is 21.8 Å². The summed E-state index contributed by atoms with van der Waals surface area (Å²) in [6.07, 6.45) is 0.962. The molecule has 5 aromatic rings. The Labute approximate surface area is 883 Å². The summed E-state index contributed by atoms with van der Waals surface area (Å²) in [6, 6.07) is 7.91. The number of hydrogen-bond acceptors (Lipinski definition) is 30. The molecule has 11 atom stereocenters. The molecule has 0 radical (unpaired) electrons. The topological polar surface area (TPSA) is 595 Å². The zero-order valence-electron chi connectivity index (χ0n) is 85.4. The first-order chi connectivity index (χ1) is 70.6. The minimum atomic E-state index is -4.27. The number of aromatic amines is 2. The van der Waals surface area contributed by atoms with E-state index in [0.717, 1.165) is 16.0 Å². The van der Waals surface area contributed by atoms with Gasteiger partial charge in [-0.25, -0.2) is 0 Å². The number of hydrogen-bond donors (Lipinski definition) is 16. The number of nitrogens with zero attached hydrogens (tertiary/aromatic N) is 5. The second kappa shape index (κ2) is 61.8. The molecule has 9 rings (SSSR count). The number of para-hydroxylation sites is 1. The van der Waals surface area contributed by atoms with Crippen LogP contribution >= 0.6 is 35.1 Å². The van der Waals surface area contributed by atoms with Crippen LogP contribution in [0.5, 0.6) is 0 Å². The van der Waals surface area contributed by atoms with Crippen molar-refractivity contribution in [1.82, 2.24) is 98.3 Å². The Morgan fingerprint density at radius 3 is 1.70 bits per heavy atom. The van der Waals surface area contributed by atoms with Crippen LogP contribution in [0, 0.1) is 17.8 Å². The number of fused-ring (bicyclic) bond motifs is 11. The van der Waals surface area contributed by atoms with Gasteiger partial charge in [-0.05, 0) is 104 Å². The fraction of sp³-hybridized carbons (Fsp3) is 0.596. The molecule has 16 N–H and O–H groups in total. The van der Waals surface area contributed by atoms with Crippen LogP contribution in [0.4, 0.5) is 0 Å². The SMILES string of the molecule is CC[C@H](C)[C@@H]1NC(=O)[C@H](CC(C)C)NC(=O)C(C)(C)NC(=O)[C@@H](NC(=O)[C@@H](CC(C)C)NC(=O)[C@H](CCC(=O)O)NC(=O)CN(C)C(=O)[C@H](Cc2c[nH]c3ccc(Cl)cc23)NC(=O)[C@H](Cc2c[nH]c3ccccc23)NC(=O)[C@H](CC(=O)O)NC(=O)CCC(=O)NCCCOCCOCCOCCCNC(=O)CN2CCN3CCN4CCN(CC2)CC(=O)[O][In]([O]C(=O)C3)[O]C(=O)C4)CSCc2cccc(c2)CSCCNC1=O. The van der Waals surface area contributed by atoms with Crippen LogP contribution in [-0.2, 0) is 133 Å². The van der Waals surface area contributed by atoms with Gasteiger partial charge in [-0.2, -0.15) is 23.5 Å². The quantitative estimate of drug-likeness (QED) is 0.0240. The molecule has 49 heteroatoms. The Bertz CT molecular complexity index is 5330. The number of carboxylic acid groups (broad SMARTS) is 2. The summed E-state index contributed by atoms with van der Waals surface area (Å²) >= 11 is 5.12. The number of carbonyl (C=O) groups excluding carboxylic acids is 16. The van der Waals surface area contributed by atoms with Crippen molar-refractivity contribution in [2.24, 2.45) is 17.8 Å². The standard InChI is InChI=1S/C99H146ClN19O26S2.In/c1-10-63(6)89-96(140)103-28-43-146-58-64-16-13-17-65(46-64)59-147-60-79(95(139)114-99(7,8)98(142)112-75(45-62(4)5)94(138)113-89)111-91(135)74(44-61(2)3)108-90(134)73(22-25-84(124)125)106-83(123)53-115(9)97(141)78(48-67-52-105-72-21-20-68(100)49-70(67)72)110-92(136)76(47-66-51-104-71-19-12-11-18-69(66)71)109-93(137)77(50-85(126)127)107-81(121)24-23-80(120)101-26-14-37-143-39-41-145-42-40-144-38-15-27-102-82(122)54-116-29-31-117(55-86(128)129)33-35-119(57-88(132)133)36-34-118(32-30-116)56-87(130)131;/h11-13,16-21,46,49,51-52,61-63,73-79,89,104-105H,10,14-15,22-45,47-48,50,53-60H2,1-9H3,(H,101,120)(H,102,122)(H,103,140)(H,106,123)(H,107,121)(H,108,134)(H,109,137)(H,110,136)(H,111,135)(H,112,142)(H,113,138)(H,114,139)(H,124,125)(H,126,127)(H,128,129)(H,130,131)(H,132,133);/q;+3/p-3/t63-,73-,74+,75-,76-,77-,78-,79-,89-;/m0./s1. The number of carbonyl (C=O) groups is 18. The molecule has 0 saturated carbocycles. The predicted molar refractivity (Wildman–Crippen MR) is 550 cm³/mol. The minimum absolute atomic E-state index is 0.0259. The second-order valence-electron chi connectivity index (χ2n) is 38.5. The summed E-state index contributed by atoms with van der Waals surface area (Å²) in [7, 11) is 1.22. The van der Waals surface area contributed by atoms with Crippen LogP contribution in [0.15, 0.2) is 79.1 Å². The van der Waals surface area contributed by atoms with E-state index in [4.69, 9.17) is 34.4 Å². The third-order valence-corrected chi connectivity index (χ3v) is 31.3. The van der Waals surface area contributed by atoms with Crippen molar-refractivity contribution in [3.63, 3.8) is 0 Å². The number of aromatic nitrogens is 2. The largest absolute Gasteiger partial charge is 0.353 e. The number of amides is 13. The van der Waals surface area contributed by atoms with Crippen molar-refractivity contribution in [1.29, 1.82) is 0 Å². The molecule has 2 unspecified atom stereocenters. The van der Waals surface area contributed by atoms with Crippen LogP contribution in [0.2, 0.25) is 5.02 Å². The van der Waals surface area contributed by atoms with Crippen molar-refractivity contribution >= 4 is 186 Å². The number of H-pyrrole nitrogens is 2. The first-order valence-electron chi connectivity index (χ1n) is 50.1. The Morgan fingerprint density at radius 1 is 0.561 bits per heavy atom. The molecule has 13 amide bonds. The Balaban J connectivity index is 0.775. The molecule has 812 valence electrons. The van der Waals surface area contributed by atoms with Gasteiger partial charge in [0.05, 0.1) is 39.4 Å². The number of carboxylic acids is 2. The maximum atomic E-state index is 15.3. The van der Waals surface area contributed by atoms with Crippen molar-refractivity contribution < 1.29 is 119 Å². The van der Waals surface area contributed by atoms with Gasteiger partial charge in [-0.15, -0.1) is 0 Å². The van der Waals surface area contributed by atoms with Gasteiger partial charge in [0.25, 0.3) is 0 Å². The number of benzene rings is 3. The van der Waals surface area contributed by atoms with Gasteiger partial charge in [0.1, 0.15) is 53.9 Å². The van der Waals surface area contributed by atoms with Crippen LogP contribution in [-0.4, -0.2) is 391 Å². The molecule has 148 heavy (non-hydrogen) atoms. The molecule has 0 aliphatic carbocycles. The fourth-order valence-electron chi connectivity index (χ4n) is 16.7. The van der Waals surface area contributed by atoms with E-state index >= 15 is 9.59 Å². The molecule has 0 spiro atoms. The van der Waals surface area contributed by atoms with E-state index in [-0.39, 0.29) is 133 Å². The molecule has 3 fully saturated rings. The molecule has 6 bridgehead atoms. The zero-order chi connectivity index (χ0) is 108. The van der Waals surface area contributed by atoms with Gasteiger partial charge in [-0.1, -0.05) is 102 Å².